The predicted molar refractivity (Wildman–Crippen MR) is 142 cm³/mol. The van der Waals surface area contributed by atoms with Crippen molar-refractivity contribution in [3.05, 3.63) is 90.0 Å². The van der Waals surface area contributed by atoms with Gasteiger partial charge in [0.05, 0.1) is 9.79 Å². The minimum Gasteiger partial charge on any atom is -0.491 e. The van der Waals surface area contributed by atoms with Crippen LogP contribution in [0.4, 0.5) is 0 Å². The highest BCUT2D eigenvalue weighted by Gasteiger charge is 2.37. The maximum absolute atomic E-state index is 12.0. The molecule has 0 aliphatic rings. The Hall–Kier alpha value is -2.76. The first-order valence-electron chi connectivity index (χ1n) is 11.7. The number of benzene rings is 3. The van der Waals surface area contributed by atoms with Gasteiger partial charge in [-0.15, -0.1) is 0 Å². The van der Waals surface area contributed by atoms with Crippen LogP contribution in [0.25, 0.3) is 0 Å². The fourth-order valence-electron chi connectivity index (χ4n) is 4.15. The van der Waals surface area contributed by atoms with E-state index in [2.05, 4.69) is 0 Å². The summed E-state index contributed by atoms with van der Waals surface area (Å²) < 4.78 is 53.3. The molecule has 0 saturated heterocycles. The third kappa shape index (κ3) is 7.18. The topological polar surface area (TPSA) is 144 Å². The number of aliphatic hydroxyl groups excluding tert-OH is 1. The lowest BCUT2D eigenvalue weighted by molar-refractivity contribution is 0.0235. The second-order valence-electron chi connectivity index (χ2n) is 9.40. The van der Waals surface area contributed by atoms with Gasteiger partial charge in [0.2, 0.25) is 0 Å². The zero-order valence-electron chi connectivity index (χ0n) is 21.0. The summed E-state index contributed by atoms with van der Waals surface area (Å²) in [6.07, 6.45) is 1.23. The number of sulfone groups is 2. The molecule has 0 aromatic heterocycles. The molecule has 3 rings (SSSR count). The van der Waals surface area contributed by atoms with E-state index in [1.807, 2.05) is 18.2 Å². The minimum atomic E-state index is -3.44. The van der Waals surface area contributed by atoms with E-state index in [0.717, 1.165) is 12.5 Å². The molecule has 0 amide bonds. The van der Waals surface area contributed by atoms with Gasteiger partial charge in [0, 0.05) is 18.6 Å². The molecule has 0 aliphatic heterocycles. The van der Waals surface area contributed by atoms with E-state index in [-0.39, 0.29) is 22.8 Å². The number of para-hydroxylation sites is 1. The Morgan fingerprint density at radius 2 is 1.24 bits per heavy atom. The van der Waals surface area contributed by atoms with Gasteiger partial charge in [0.25, 0.3) is 0 Å². The van der Waals surface area contributed by atoms with Crippen LogP contribution >= 0.6 is 0 Å². The Balaban J connectivity index is 1.90. The molecule has 3 atom stereocenters. The fraction of sp³-hybridized carbons (Fsp3) is 0.333. The van der Waals surface area contributed by atoms with Crippen molar-refractivity contribution in [2.45, 2.75) is 40.9 Å². The van der Waals surface area contributed by atoms with Gasteiger partial charge < -0.3 is 20.7 Å². The van der Waals surface area contributed by atoms with Crippen LogP contribution in [0.5, 0.6) is 5.75 Å². The fourth-order valence-corrected chi connectivity index (χ4v) is 5.41. The molecule has 1 unspecified atom stereocenters. The molecule has 3 aromatic carbocycles. The van der Waals surface area contributed by atoms with Crippen molar-refractivity contribution in [3.63, 3.8) is 0 Å². The summed E-state index contributed by atoms with van der Waals surface area (Å²) in [5.74, 6) is 0.165. The summed E-state index contributed by atoms with van der Waals surface area (Å²) in [7, 11) is -6.89. The van der Waals surface area contributed by atoms with Crippen molar-refractivity contribution in [2.24, 2.45) is 11.7 Å². The molecule has 0 aliphatic carbocycles. The monoisotopic (exact) mass is 547 g/mol. The zero-order valence-corrected chi connectivity index (χ0v) is 22.6. The summed E-state index contributed by atoms with van der Waals surface area (Å²) in [6, 6.07) is 20.0. The van der Waals surface area contributed by atoms with Crippen molar-refractivity contribution >= 4 is 19.7 Å². The molecule has 200 valence electrons. The SMILES string of the molecule is C[C@H](CC(O)(c1ccc(S(C)(=O)=O)cc1)c1ccc(S(C)(=O)=O)cc1)C(N)[C@H](O)COc1ccccc1. The lowest BCUT2D eigenvalue weighted by Gasteiger charge is -2.35. The van der Waals surface area contributed by atoms with Gasteiger partial charge in [-0.1, -0.05) is 49.4 Å². The van der Waals surface area contributed by atoms with E-state index in [9.17, 15) is 27.0 Å². The third-order valence-electron chi connectivity index (χ3n) is 6.40. The van der Waals surface area contributed by atoms with Gasteiger partial charge in [-0.3, -0.25) is 0 Å². The molecule has 3 aromatic rings. The first-order valence-corrected chi connectivity index (χ1v) is 15.4. The van der Waals surface area contributed by atoms with Crippen LogP contribution in [0.15, 0.2) is 88.7 Å². The molecule has 0 bridgehead atoms. The highest BCUT2D eigenvalue weighted by molar-refractivity contribution is 7.91. The molecule has 4 N–H and O–H groups in total. The van der Waals surface area contributed by atoms with Gasteiger partial charge in [-0.25, -0.2) is 16.8 Å². The number of nitrogens with two attached hydrogens (primary N) is 1. The summed E-state index contributed by atoms with van der Waals surface area (Å²) in [5, 5.41) is 22.7. The molecule has 0 spiro atoms. The lowest BCUT2D eigenvalue weighted by Crippen LogP contribution is -2.46. The highest BCUT2D eigenvalue weighted by Crippen LogP contribution is 2.37. The molecule has 8 nitrogen and oxygen atoms in total. The minimum absolute atomic E-state index is 0.0416. The molecular formula is C27H33NO7S2. The first kappa shape index (κ1) is 28.8. The van der Waals surface area contributed by atoms with E-state index < -0.39 is 43.3 Å². The molecule has 0 radical (unpaired) electrons. The summed E-state index contributed by atoms with van der Waals surface area (Å²) in [5.41, 5.74) is 5.51. The van der Waals surface area contributed by atoms with Crippen LogP contribution in [0, 0.1) is 5.92 Å². The van der Waals surface area contributed by atoms with Gasteiger partial charge in [0.1, 0.15) is 24.1 Å². The van der Waals surface area contributed by atoms with Crippen LogP contribution in [0.1, 0.15) is 24.5 Å². The average Bonchev–Trinajstić information content (AvgIpc) is 2.86. The van der Waals surface area contributed by atoms with Crippen molar-refractivity contribution in [1.29, 1.82) is 0 Å². The Kier molecular flexibility index (Phi) is 8.81. The zero-order chi connectivity index (χ0) is 27.4. The lowest BCUT2D eigenvalue weighted by atomic mass is 9.77. The summed E-state index contributed by atoms with van der Waals surface area (Å²) >= 11 is 0. The molecule has 37 heavy (non-hydrogen) atoms. The van der Waals surface area contributed by atoms with E-state index in [0.29, 0.717) is 16.9 Å². The maximum atomic E-state index is 12.0. The molecule has 0 heterocycles. The normalized spacial score (nSPS) is 15.1. The number of rotatable bonds is 11. The van der Waals surface area contributed by atoms with Crippen molar-refractivity contribution < 1.29 is 31.8 Å². The number of hydrogen-bond acceptors (Lipinski definition) is 8. The Labute approximate surface area is 218 Å². The van der Waals surface area contributed by atoms with Crippen molar-refractivity contribution in [3.8, 4) is 5.75 Å². The third-order valence-corrected chi connectivity index (χ3v) is 8.66. The van der Waals surface area contributed by atoms with Gasteiger partial charge in [-0.05, 0) is 59.9 Å². The Bertz CT molecular complexity index is 1310. The molecular weight excluding hydrogens is 514 g/mol. The smallest absolute Gasteiger partial charge is 0.175 e. The largest absolute Gasteiger partial charge is 0.491 e. The van der Waals surface area contributed by atoms with E-state index in [4.69, 9.17) is 10.5 Å². The van der Waals surface area contributed by atoms with Crippen LogP contribution in [-0.2, 0) is 25.3 Å². The van der Waals surface area contributed by atoms with E-state index in [1.165, 1.54) is 48.5 Å². The molecule has 0 saturated carbocycles. The number of hydrogen-bond donors (Lipinski definition) is 3. The molecule has 0 fully saturated rings. The number of ether oxygens (including phenoxy) is 1. The number of aliphatic hydroxyl groups is 2. The van der Waals surface area contributed by atoms with Crippen LogP contribution in [0.2, 0.25) is 0 Å². The van der Waals surface area contributed by atoms with Gasteiger partial charge in [0.15, 0.2) is 19.7 Å². The van der Waals surface area contributed by atoms with Crippen molar-refractivity contribution in [1.82, 2.24) is 0 Å². The highest BCUT2D eigenvalue weighted by atomic mass is 32.2. The second-order valence-corrected chi connectivity index (χ2v) is 13.4. The van der Waals surface area contributed by atoms with Crippen LogP contribution in [-0.4, -0.2) is 58.3 Å². The average molecular weight is 548 g/mol. The Morgan fingerprint density at radius 1 is 0.811 bits per heavy atom. The summed E-state index contributed by atoms with van der Waals surface area (Å²) in [4.78, 5) is 0.202. The summed E-state index contributed by atoms with van der Waals surface area (Å²) in [6.45, 7) is 1.75. The predicted octanol–water partition coefficient (Wildman–Crippen LogP) is 2.52. The standard InChI is InChI=1S/C27H33NO7S2/c1-19(26(28)25(29)18-35-22-7-5-4-6-8-22)17-27(30,20-9-13-23(14-10-20)36(2,31)32)21-11-15-24(16-12-21)37(3,33)34/h4-16,19,25-26,29-30H,17-18,28H2,1-3H3/t19-,25-,26?/m1/s1. The quantitative estimate of drug-likeness (QED) is 0.332. The first-order chi connectivity index (χ1) is 17.2. The van der Waals surface area contributed by atoms with Gasteiger partial charge >= 0.3 is 0 Å². The second kappa shape index (κ2) is 11.3. The molecule has 10 heteroatoms. The van der Waals surface area contributed by atoms with E-state index >= 15 is 0 Å². The van der Waals surface area contributed by atoms with Crippen LogP contribution < -0.4 is 10.5 Å². The Morgan fingerprint density at radius 3 is 1.65 bits per heavy atom. The van der Waals surface area contributed by atoms with Crippen molar-refractivity contribution in [2.75, 3.05) is 19.1 Å². The maximum Gasteiger partial charge on any atom is 0.175 e. The van der Waals surface area contributed by atoms with Gasteiger partial charge in [-0.2, -0.15) is 0 Å². The van der Waals surface area contributed by atoms with E-state index in [1.54, 1.807) is 19.1 Å². The van der Waals surface area contributed by atoms with Crippen LogP contribution in [0.3, 0.4) is 0 Å².